The van der Waals surface area contributed by atoms with E-state index in [9.17, 15) is 0 Å². The summed E-state index contributed by atoms with van der Waals surface area (Å²) in [5.41, 5.74) is 4.46. The predicted molar refractivity (Wildman–Crippen MR) is 52.9 cm³/mol. The second kappa shape index (κ2) is 3.14. The molecule has 0 aliphatic heterocycles. The molecule has 0 aromatic heterocycles. The molecule has 0 radical (unpaired) electrons. The molecule has 0 bridgehead atoms. The first-order valence-electron chi connectivity index (χ1n) is 4.61. The molecule has 0 unspecified atom stereocenters. The van der Waals surface area contributed by atoms with Gasteiger partial charge in [-0.2, -0.15) is 0 Å². The van der Waals surface area contributed by atoms with Gasteiger partial charge >= 0.3 is 0 Å². The number of hydrogen-bond acceptors (Lipinski definition) is 0. The summed E-state index contributed by atoms with van der Waals surface area (Å²) in [6.45, 7) is 2.17. The zero-order valence-corrected chi connectivity index (χ0v) is 7.51. The van der Waals surface area contributed by atoms with Gasteiger partial charge in [-0.05, 0) is 37.3 Å². The van der Waals surface area contributed by atoms with E-state index < -0.39 is 0 Å². The Balaban J connectivity index is 2.38. The van der Waals surface area contributed by atoms with E-state index in [1.54, 1.807) is 11.1 Å². The minimum atomic E-state index is 1.27. The van der Waals surface area contributed by atoms with E-state index in [0.717, 1.165) is 0 Å². The van der Waals surface area contributed by atoms with E-state index in [0.29, 0.717) is 0 Å². The molecule has 0 heteroatoms. The zero-order chi connectivity index (χ0) is 8.39. The highest BCUT2D eigenvalue weighted by Crippen LogP contribution is 2.29. The third-order valence-electron chi connectivity index (χ3n) is 2.47. The topological polar surface area (TPSA) is 0 Å². The average Bonchev–Trinajstić information content (AvgIpc) is 2.42. The Morgan fingerprint density at radius 1 is 1.00 bits per heavy atom. The monoisotopic (exact) mass is 158 g/mol. The van der Waals surface area contributed by atoms with Crippen LogP contribution in [0.1, 0.15) is 26.2 Å². The van der Waals surface area contributed by atoms with Gasteiger partial charge in [0.05, 0.1) is 0 Å². The summed E-state index contributed by atoms with van der Waals surface area (Å²) < 4.78 is 0. The first kappa shape index (κ1) is 7.60. The minimum Gasteiger partial charge on any atom is -0.0620 e. The summed E-state index contributed by atoms with van der Waals surface area (Å²) >= 11 is 0. The van der Waals surface area contributed by atoms with Crippen LogP contribution in [0.4, 0.5) is 0 Å². The van der Waals surface area contributed by atoms with Gasteiger partial charge in [-0.3, -0.25) is 0 Å². The molecule has 2 aliphatic rings. The fourth-order valence-corrected chi connectivity index (χ4v) is 1.85. The summed E-state index contributed by atoms with van der Waals surface area (Å²) in [4.78, 5) is 0. The Kier molecular flexibility index (Phi) is 1.99. The van der Waals surface area contributed by atoms with Crippen molar-refractivity contribution in [3.8, 4) is 0 Å². The molecule has 2 rings (SSSR count). The molecule has 0 N–H and O–H groups in total. The van der Waals surface area contributed by atoms with Crippen molar-refractivity contribution in [2.75, 3.05) is 0 Å². The molecule has 62 valence electrons. The molecule has 0 spiro atoms. The van der Waals surface area contributed by atoms with Crippen molar-refractivity contribution in [2.45, 2.75) is 26.2 Å². The SMILES string of the molecule is CC1=CC2=C(C=CC=C1)CCC2. The third-order valence-corrected chi connectivity index (χ3v) is 2.47. The van der Waals surface area contributed by atoms with Gasteiger partial charge in [0.1, 0.15) is 0 Å². The Morgan fingerprint density at radius 3 is 2.67 bits per heavy atom. The summed E-state index contributed by atoms with van der Waals surface area (Å²) in [5.74, 6) is 0. The lowest BCUT2D eigenvalue weighted by molar-refractivity contribution is 0.906. The summed E-state index contributed by atoms with van der Waals surface area (Å²) in [5, 5.41) is 0. The van der Waals surface area contributed by atoms with E-state index in [1.807, 2.05) is 0 Å². The first-order valence-corrected chi connectivity index (χ1v) is 4.61. The van der Waals surface area contributed by atoms with E-state index >= 15 is 0 Å². The van der Waals surface area contributed by atoms with Crippen molar-refractivity contribution in [3.05, 3.63) is 47.1 Å². The lowest BCUT2D eigenvalue weighted by atomic mass is 10.1. The van der Waals surface area contributed by atoms with Crippen LogP contribution in [0.15, 0.2) is 47.1 Å². The van der Waals surface area contributed by atoms with Crippen molar-refractivity contribution in [2.24, 2.45) is 0 Å². The van der Waals surface area contributed by atoms with Crippen LogP contribution in [0.3, 0.4) is 0 Å². The maximum atomic E-state index is 2.32. The van der Waals surface area contributed by atoms with Gasteiger partial charge in [0, 0.05) is 0 Å². The Morgan fingerprint density at radius 2 is 1.75 bits per heavy atom. The smallest absolute Gasteiger partial charge is 0.0273 e. The van der Waals surface area contributed by atoms with Crippen LogP contribution in [0.25, 0.3) is 0 Å². The molecular weight excluding hydrogens is 144 g/mol. The summed E-state index contributed by atoms with van der Waals surface area (Å²) in [6, 6.07) is 0. The lowest BCUT2D eigenvalue weighted by Gasteiger charge is -2.00. The zero-order valence-electron chi connectivity index (χ0n) is 7.51. The van der Waals surface area contributed by atoms with Crippen molar-refractivity contribution in [1.82, 2.24) is 0 Å². The van der Waals surface area contributed by atoms with Gasteiger partial charge in [-0.1, -0.05) is 36.0 Å². The van der Waals surface area contributed by atoms with Crippen LogP contribution in [0.5, 0.6) is 0 Å². The lowest BCUT2D eigenvalue weighted by Crippen LogP contribution is -1.80. The van der Waals surface area contributed by atoms with Crippen LogP contribution < -0.4 is 0 Å². The average molecular weight is 158 g/mol. The quantitative estimate of drug-likeness (QED) is 0.506. The molecule has 0 heterocycles. The van der Waals surface area contributed by atoms with Crippen LogP contribution in [-0.4, -0.2) is 0 Å². The molecule has 0 atom stereocenters. The second-order valence-corrected chi connectivity index (χ2v) is 3.51. The van der Waals surface area contributed by atoms with Crippen molar-refractivity contribution < 1.29 is 0 Å². The summed E-state index contributed by atoms with van der Waals surface area (Å²) in [6.07, 6.45) is 14.9. The highest BCUT2D eigenvalue weighted by atomic mass is 14.2. The highest BCUT2D eigenvalue weighted by molar-refractivity contribution is 5.43. The predicted octanol–water partition coefficient (Wildman–Crippen LogP) is 3.54. The molecule has 0 nitrogen and oxygen atoms in total. The maximum Gasteiger partial charge on any atom is -0.0273 e. The van der Waals surface area contributed by atoms with Crippen molar-refractivity contribution in [3.63, 3.8) is 0 Å². The molecule has 0 aromatic carbocycles. The van der Waals surface area contributed by atoms with E-state index in [4.69, 9.17) is 0 Å². The van der Waals surface area contributed by atoms with Gasteiger partial charge in [-0.15, -0.1) is 0 Å². The van der Waals surface area contributed by atoms with E-state index in [-0.39, 0.29) is 0 Å². The maximum absolute atomic E-state index is 2.32. The van der Waals surface area contributed by atoms with E-state index in [2.05, 4.69) is 37.3 Å². The van der Waals surface area contributed by atoms with Crippen molar-refractivity contribution >= 4 is 0 Å². The molecule has 0 saturated heterocycles. The Hall–Kier alpha value is -1.04. The van der Waals surface area contributed by atoms with Gasteiger partial charge in [0.15, 0.2) is 0 Å². The Bertz CT molecular complexity index is 298. The van der Waals surface area contributed by atoms with Gasteiger partial charge in [0.2, 0.25) is 0 Å². The van der Waals surface area contributed by atoms with Gasteiger partial charge in [-0.25, -0.2) is 0 Å². The normalized spacial score (nSPS) is 21.9. The van der Waals surface area contributed by atoms with Crippen molar-refractivity contribution in [1.29, 1.82) is 0 Å². The van der Waals surface area contributed by atoms with Crippen LogP contribution in [0.2, 0.25) is 0 Å². The van der Waals surface area contributed by atoms with Crippen LogP contribution in [-0.2, 0) is 0 Å². The van der Waals surface area contributed by atoms with Gasteiger partial charge < -0.3 is 0 Å². The van der Waals surface area contributed by atoms with Crippen LogP contribution in [0, 0.1) is 0 Å². The molecule has 0 amide bonds. The Labute approximate surface area is 74.0 Å². The molecule has 12 heavy (non-hydrogen) atoms. The van der Waals surface area contributed by atoms with E-state index in [1.165, 1.54) is 24.8 Å². The first-order chi connectivity index (χ1) is 5.86. The number of hydrogen-bond donors (Lipinski definition) is 0. The molecule has 2 aliphatic carbocycles. The molecule has 0 saturated carbocycles. The molecule has 0 aromatic rings. The highest BCUT2D eigenvalue weighted by Gasteiger charge is 2.10. The number of rotatable bonds is 0. The third kappa shape index (κ3) is 1.42. The fourth-order valence-electron chi connectivity index (χ4n) is 1.85. The fraction of sp³-hybridized carbons (Fsp3) is 0.333. The second-order valence-electron chi connectivity index (χ2n) is 3.51. The standard InChI is InChI=1S/C12H14/c1-10-5-2-3-6-11-7-4-8-12(11)9-10/h2-3,5-6,9H,4,7-8H2,1H3. The van der Waals surface area contributed by atoms with Gasteiger partial charge in [0.25, 0.3) is 0 Å². The van der Waals surface area contributed by atoms with Crippen LogP contribution >= 0.6 is 0 Å². The summed E-state index contributed by atoms with van der Waals surface area (Å²) in [7, 11) is 0. The molecule has 0 fully saturated rings. The largest absolute Gasteiger partial charge is 0.0620 e. The number of allylic oxidation sites excluding steroid dienone is 8. The molecular formula is C12H14. The minimum absolute atomic E-state index is 1.27.